The van der Waals surface area contributed by atoms with Gasteiger partial charge in [0.25, 0.3) is 0 Å². The van der Waals surface area contributed by atoms with Crippen LogP contribution in [0.4, 0.5) is 5.69 Å². The van der Waals surface area contributed by atoms with Crippen LogP contribution in [0.2, 0.25) is 0 Å². The monoisotopic (exact) mass is 305 g/mol. The van der Waals surface area contributed by atoms with Crippen LogP contribution in [0, 0.1) is 0 Å². The van der Waals surface area contributed by atoms with E-state index in [-0.39, 0.29) is 5.91 Å². The van der Waals surface area contributed by atoms with E-state index in [1.807, 2.05) is 18.2 Å². The van der Waals surface area contributed by atoms with E-state index in [1.165, 1.54) is 0 Å². The van der Waals surface area contributed by atoms with Crippen LogP contribution < -0.4 is 14.8 Å². The van der Waals surface area contributed by atoms with E-state index in [9.17, 15) is 4.79 Å². The Morgan fingerprint density at radius 3 is 2.48 bits per heavy atom. The standard InChI is InChI=1S/C16H16ClNO3/c1-20-14-3-2-4-15(11-14)21-13-7-5-12(6-8-13)18-16(19)9-10-17/h2-8,11H,9-10H2,1H3,(H,18,19). The summed E-state index contributed by atoms with van der Waals surface area (Å²) in [6.45, 7) is 0. The summed E-state index contributed by atoms with van der Waals surface area (Å²) >= 11 is 5.51. The maximum absolute atomic E-state index is 11.4. The number of amides is 1. The number of carbonyl (C=O) groups is 1. The number of benzene rings is 2. The summed E-state index contributed by atoms with van der Waals surface area (Å²) in [6, 6.07) is 14.5. The molecule has 0 fully saturated rings. The Balaban J connectivity index is 2.00. The molecule has 0 heterocycles. The quantitative estimate of drug-likeness (QED) is 0.819. The Labute approximate surface area is 128 Å². The van der Waals surface area contributed by atoms with Crippen LogP contribution >= 0.6 is 11.6 Å². The van der Waals surface area contributed by atoms with Crippen LogP contribution in [0.15, 0.2) is 48.5 Å². The molecular formula is C16H16ClNO3. The topological polar surface area (TPSA) is 47.6 Å². The van der Waals surface area contributed by atoms with Crippen molar-refractivity contribution in [2.45, 2.75) is 6.42 Å². The first-order valence-corrected chi connectivity index (χ1v) is 7.02. The van der Waals surface area contributed by atoms with E-state index in [0.29, 0.717) is 29.5 Å². The Kier molecular flexibility index (Phi) is 5.46. The van der Waals surface area contributed by atoms with Gasteiger partial charge in [0.05, 0.1) is 7.11 Å². The van der Waals surface area contributed by atoms with Gasteiger partial charge >= 0.3 is 0 Å². The van der Waals surface area contributed by atoms with Crippen LogP contribution in [0.3, 0.4) is 0 Å². The van der Waals surface area contributed by atoms with Gasteiger partial charge in [-0.1, -0.05) is 6.07 Å². The van der Waals surface area contributed by atoms with E-state index >= 15 is 0 Å². The predicted molar refractivity (Wildman–Crippen MR) is 83.5 cm³/mol. The van der Waals surface area contributed by atoms with Gasteiger partial charge in [0.1, 0.15) is 17.2 Å². The molecule has 0 bridgehead atoms. The van der Waals surface area contributed by atoms with E-state index in [0.717, 1.165) is 5.75 Å². The summed E-state index contributed by atoms with van der Waals surface area (Å²) in [6.07, 6.45) is 0.295. The lowest BCUT2D eigenvalue weighted by Gasteiger charge is -2.08. The molecule has 0 saturated heterocycles. The molecule has 0 aromatic heterocycles. The Hall–Kier alpha value is -2.20. The Morgan fingerprint density at radius 1 is 1.10 bits per heavy atom. The number of rotatable bonds is 6. The highest BCUT2D eigenvalue weighted by Gasteiger charge is 2.03. The van der Waals surface area contributed by atoms with Crippen molar-refractivity contribution in [2.75, 3.05) is 18.3 Å². The van der Waals surface area contributed by atoms with Crippen molar-refractivity contribution in [1.29, 1.82) is 0 Å². The van der Waals surface area contributed by atoms with Crippen LogP contribution in [0.1, 0.15) is 6.42 Å². The molecule has 4 nitrogen and oxygen atoms in total. The largest absolute Gasteiger partial charge is 0.497 e. The molecule has 2 aromatic carbocycles. The van der Waals surface area contributed by atoms with Gasteiger partial charge in [0.2, 0.25) is 5.91 Å². The zero-order valence-corrected chi connectivity index (χ0v) is 12.4. The third-order valence-electron chi connectivity index (χ3n) is 2.74. The zero-order valence-electron chi connectivity index (χ0n) is 11.6. The highest BCUT2D eigenvalue weighted by molar-refractivity contribution is 6.19. The van der Waals surface area contributed by atoms with Crippen LogP contribution in [0.25, 0.3) is 0 Å². The molecule has 0 aliphatic rings. The second-order valence-corrected chi connectivity index (χ2v) is 4.67. The number of halogens is 1. The van der Waals surface area contributed by atoms with Gasteiger partial charge in [0, 0.05) is 24.1 Å². The highest BCUT2D eigenvalue weighted by Crippen LogP contribution is 2.26. The molecule has 5 heteroatoms. The van der Waals surface area contributed by atoms with E-state index in [2.05, 4.69) is 5.32 Å². The first-order chi connectivity index (χ1) is 10.2. The molecule has 1 amide bonds. The smallest absolute Gasteiger partial charge is 0.225 e. The first kappa shape index (κ1) is 15.2. The van der Waals surface area contributed by atoms with Crippen molar-refractivity contribution >= 4 is 23.2 Å². The fourth-order valence-corrected chi connectivity index (χ4v) is 1.89. The second kappa shape index (κ2) is 7.55. The highest BCUT2D eigenvalue weighted by atomic mass is 35.5. The number of alkyl halides is 1. The Morgan fingerprint density at radius 2 is 1.81 bits per heavy atom. The average molecular weight is 306 g/mol. The molecule has 2 rings (SSSR count). The maximum atomic E-state index is 11.4. The van der Waals surface area contributed by atoms with Crippen molar-refractivity contribution in [3.05, 3.63) is 48.5 Å². The van der Waals surface area contributed by atoms with Gasteiger partial charge in [-0.25, -0.2) is 0 Å². The van der Waals surface area contributed by atoms with Crippen molar-refractivity contribution in [3.63, 3.8) is 0 Å². The molecule has 110 valence electrons. The molecule has 0 aliphatic carbocycles. The maximum Gasteiger partial charge on any atom is 0.225 e. The van der Waals surface area contributed by atoms with E-state index in [1.54, 1.807) is 37.4 Å². The molecule has 0 saturated carbocycles. The van der Waals surface area contributed by atoms with Gasteiger partial charge in [-0.2, -0.15) is 0 Å². The van der Waals surface area contributed by atoms with Gasteiger partial charge in [0.15, 0.2) is 0 Å². The number of ether oxygens (including phenoxy) is 2. The fourth-order valence-electron chi connectivity index (χ4n) is 1.72. The lowest BCUT2D eigenvalue weighted by molar-refractivity contribution is -0.115. The van der Waals surface area contributed by atoms with Crippen LogP contribution in [-0.4, -0.2) is 18.9 Å². The molecular weight excluding hydrogens is 290 g/mol. The molecule has 0 unspecified atom stereocenters. The van der Waals surface area contributed by atoms with Gasteiger partial charge in [-0.15, -0.1) is 11.6 Å². The number of hydrogen-bond donors (Lipinski definition) is 1. The SMILES string of the molecule is COc1cccc(Oc2ccc(NC(=O)CCCl)cc2)c1. The summed E-state index contributed by atoms with van der Waals surface area (Å²) in [5, 5.41) is 2.75. The van der Waals surface area contributed by atoms with Gasteiger partial charge < -0.3 is 14.8 Å². The second-order valence-electron chi connectivity index (χ2n) is 4.29. The Bertz CT molecular complexity index is 599. The summed E-state index contributed by atoms with van der Waals surface area (Å²) in [7, 11) is 1.61. The lowest BCUT2D eigenvalue weighted by Crippen LogP contribution is -2.11. The minimum absolute atomic E-state index is 0.105. The molecule has 0 spiro atoms. The van der Waals surface area contributed by atoms with Crippen molar-refractivity contribution in [1.82, 2.24) is 0 Å². The third kappa shape index (κ3) is 4.68. The van der Waals surface area contributed by atoms with Crippen LogP contribution in [-0.2, 0) is 4.79 Å². The van der Waals surface area contributed by atoms with Crippen molar-refractivity contribution in [2.24, 2.45) is 0 Å². The summed E-state index contributed by atoms with van der Waals surface area (Å²) in [5.74, 6) is 2.30. The van der Waals surface area contributed by atoms with Crippen LogP contribution in [0.5, 0.6) is 17.2 Å². The number of anilines is 1. The van der Waals surface area contributed by atoms with Gasteiger partial charge in [-0.05, 0) is 36.4 Å². The van der Waals surface area contributed by atoms with E-state index in [4.69, 9.17) is 21.1 Å². The number of methoxy groups -OCH3 is 1. The van der Waals surface area contributed by atoms with Crippen molar-refractivity contribution in [3.8, 4) is 17.2 Å². The normalized spacial score (nSPS) is 10.0. The molecule has 2 aromatic rings. The van der Waals surface area contributed by atoms with Crippen molar-refractivity contribution < 1.29 is 14.3 Å². The number of nitrogens with one attached hydrogen (secondary N) is 1. The lowest BCUT2D eigenvalue weighted by atomic mass is 10.3. The molecule has 0 aliphatic heterocycles. The zero-order chi connectivity index (χ0) is 15.1. The summed E-state index contributed by atoms with van der Waals surface area (Å²) < 4.78 is 10.9. The summed E-state index contributed by atoms with van der Waals surface area (Å²) in [4.78, 5) is 11.4. The first-order valence-electron chi connectivity index (χ1n) is 6.49. The number of carbonyl (C=O) groups excluding carboxylic acids is 1. The minimum Gasteiger partial charge on any atom is -0.497 e. The molecule has 0 atom stereocenters. The summed E-state index contributed by atoms with van der Waals surface area (Å²) in [5.41, 5.74) is 0.711. The molecule has 21 heavy (non-hydrogen) atoms. The average Bonchev–Trinajstić information content (AvgIpc) is 2.50. The fraction of sp³-hybridized carbons (Fsp3) is 0.188. The third-order valence-corrected chi connectivity index (χ3v) is 2.93. The van der Waals surface area contributed by atoms with E-state index < -0.39 is 0 Å². The molecule has 0 radical (unpaired) electrons. The van der Waals surface area contributed by atoms with Gasteiger partial charge in [-0.3, -0.25) is 4.79 Å². The number of hydrogen-bond acceptors (Lipinski definition) is 3. The minimum atomic E-state index is -0.105. The predicted octanol–water partition coefficient (Wildman–Crippen LogP) is 4.05. The molecule has 1 N–H and O–H groups in total.